The topological polar surface area (TPSA) is 53.7 Å². The Kier molecular flexibility index (Phi) is 3.55. The summed E-state index contributed by atoms with van der Waals surface area (Å²) in [6, 6.07) is 5.25. The van der Waals surface area contributed by atoms with Crippen LogP contribution in [0.5, 0.6) is 5.75 Å². The van der Waals surface area contributed by atoms with Gasteiger partial charge in [-0.1, -0.05) is 0 Å². The second-order valence-corrected chi connectivity index (χ2v) is 4.33. The van der Waals surface area contributed by atoms with Gasteiger partial charge in [0.25, 0.3) is 5.91 Å². The molecule has 0 saturated carbocycles. The number of hydrogen-bond acceptors (Lipinski definition) is 3. The summed E-state index contributed by atoms with van der Waals surface area (Å²) in [6.07, 6.45) is 1.55. The number of rotatable bonds is 3. The first kappa shape index (κ1) is 13.1. The Bertz CT molecular complexity index is 606. The molecule has 0 fully saturated rings. The molecule has 0 aliphatic rings. The average molecular weight is 263 g/mol. The number of phenols is 1. The van der Waals surface area contributed by atoms with Crippen molar-refractivity contribution in [1.29, 1.82) is 0 Å². The number of aromatic hydroxyl groups is 1. The highest BCUT2D eigenvalue weighted by atomic mass is 19.1. The van der Waals surface area contributed by atoms with E-state index in [4.69, 9.17) is 9.52 Å². The number of carbonyl (C=O) groups is 1. The number of aryl methyl sites for hydroxylation is 1. The summed E-state index contributed by atoms with van der Waals surface area (Å²) in [5, 5.41) is 9.12. The second kappa shape index (κ2) is 5.14. The van der Waals surface area contributed by atoms with E-state index < -0.39 is 11.7 Å². The van der Waals surface area contributed by atoms with E-state index in [0.29, 0.717) is 6.54 Å². The summed E-state index contributed by atoms with van der Waals surface area (Å²) in [5.41, 5.74) is 0.802. The van der Waals surface area contributed by atoms with Gasteiger partial charge in [0.1, 0.15) is 17.3 Å². The molecular weight excluding hydrogens is 249 g/mol. The van der Waals surface area contributed by atoms with Crippen LogP contribution in [0.2, 0.25) is 0 Å². The molecular formula is C14H14FNO3. The molecule has 1 aromatic heterocycles. The first-order valence-corrected chi connectivity index (χ1v) is 5.76. The van der Waals surface area contributed by atoms with E-state index in [0.717, 1.165) is 17.4 Å². The molecule has 0 aliphatic carbocycles. The molecule has 1 N–H and O–H groups in total. The van der Waals surface area contributed by atoms with E-state index in [-0.39, 0.29) is 11.3 Å². The normalized spacial score (nSPS) is 10.5. The lowest BCUT2D eigenvalue weighted by Gasteiger charge is -2.17. The number of halogens is 1. The smallest absolute Gasteiger partial charge is 0.256 e. The Hall–Kier alpha value is -2.30. The number of amides is 1. The molecule has 0 aliphatic heterocycles. The van der Waals surface area contributed by atoms with Crippen LogP contribution in [0.3, 0.4) is 0 Å². The minimum atomic E-state index is -0.735. The maximum absolute atomic E-state index is 13.6. The summed E-state index contributed by atoms with van der Waals surface area (Å²) in [5.74, 6) is -0.660. The molecule has 0 saturated heterocycles. The zero-order valence-electron chi connectivity index (χ0n) is 10.7. The Morgan fingerprint density at radius 3 is 2.74 bits per heavy atom. The third-order valence-electron chi connectivity index (χ3n) is 2.90. The van der Waals surface area contributed by atoms with Crippen LogP contribution in [0.4, 0.5) is 4.39 Å². The summed E-state index contributed by atoms with van der Waals surface area (Å²) in [6.45, 7) is 2.14. The standard InChI is InChI=1S/C14H14FNO3/c1-9-10(5-6-19-9)8-16(2)14(18)12-4-3-11(17)7-13(12)15/h3-7,17H,8H2,1-2H3. The summed E-state index contributed by atoms with van der Waals surface area (Å²) < 4.78 is 18.7. The Labute approximate surface area is 110 Å². The largest absolute Gasteiger partial charge is 0.508 e. The number of benzene rings is 1. The lowest BCUT2D eigenvalue weighted by Crippen LogP contribution is -2.27. The maximum atomic E-state index is 13.6. The molecule has 1 heterocycles. The van der Waals surface area contributed by atoms with Crippen molar-refractivity contribution in [2.75, 3.05) is 7.05 Å². The number of nitrogens with zero attached hydrogens (tertiary/aromatic N) is 1. The molecule has 2 aromatic rings. The minimum absolute atomic E-state index is 0.0681. The van der Waals surface area contributed by atoms with Gasteiger partial charge in [0.15, 0.2) is 0 Å². The van der Waals surface area contributed by atoms with Gasteiger partial charge >= 0.3 is 0 Å². The molecule has 0 bridgehead atoms. The number of carbonyl (C=O) groups excluding carboxylic acids is 1. The third kappa shape index (κ3) is 2.76. The Morgan fingerprint density at radius 2 is 2.16 bits per heavy atom. The Balaban J connectivity index is 2.17. The average Bonchev–Trinajstić information content (AvgIpc) is 2.74. The van der Waals surface area contributed by atoms with Crippen molar-refractivity contribution in [3.05, 3.63) is 53.2 Å². The molecule has 2 rings (SSSR count). The second-order valence-electron chi connectivity index (χ2n) is 4.33. The van der Waals surface area contributed by atoms with Crippen molar-refractivity contribution in [2.45, 2.75) is 13.5 Å². The highest BCUT2D eigenvalue weighted by molar-refractivity contribution is 5.94. The van der Waals surface area contributed by atoms with Gasteiger partial charge in [-0.2, -0.15) is 0 Å². The zero-order chi connectivity index (χ0) is 14.0. The molecule has 1 aromatic carbocycles. The lowest BCUT2D eigenvalue weighted by atomic mass is 10.1. The monoisotopic (exact) mass is 263 g/mol. The third-order valence-corrected chi connectivity index (χ3v) is 2.90. The Morgan fingerprint density at radius 1 is 1.42 bits per heavy atom. The fourth-order valence-corrected chi connectivity index (χ4v) is 1.79. The van der Waals surface area contributed by atoms with Gasteiger partial charge in [0.05, 0.1) is 11.8 Å². The summed E-state index contributed by atoms with van der Waals surface area (Å²) in [4.78, 5) is 13.5. The van der Waals surface area contributed by atoms with Crippen molar-refractivity contribution < 1.29 is 18.7 Å². The molecule has 5 heteroatoms. The summed E-state index contributed by atoms with van der Waals surface area (Å²) >= 11 is 0. The zero-order valence-corrected chi connectivity index (χ0v) is 10.7. The van der Waals surface area contributed by atoms with E-state index in [9.17, 15) is 9.18 Å². The van der Waals surface area contributed by atoms with Crippen LogP contribution in [-0.2, 0) is 6.54 Å². The van der Waals surface area contributed by atoms with Crippen LogP contribution in [-0.4, -0.2) is 23.0 Å². The highest BCUT2D eigenvalue weighted by Gasteiger charge is 2.17. The van der Waals surface area contributed by atoms with E-state index in [2.05, 4.69) is 0 Å². The molecule has 1 amide bonds. The summed E-state index contributed by atoms with van der Waals surface area (Å²) in [7, 11) is 1.58. The number of phenolic OH excluding ortho intramolecular Hbond substituents is 1. The molecule has 19 heavy (non-hydrogen) atoms. The SMILES string of the molecule is Cc1occc1CN(C)C(=O)c1ccc(O)cc1F. The van der Waals surface area contributed by atoms with Crippen LogP contribution in [0.25, 0.3) is 0 Å². The number of furan rings is 1. The van der Waals surface area contributed by atoms with Gasteiger partial charge in [-0.15, -0.1) is 0 Å². The number of hydrogen-bond donors (Lipinski definition) is 1. The van der Waals surface area contributed by atoms with Crippen molar-refractivity contribution in [1.82, 2.24) is 4.90 Å². The van der Waals surface area contributed by atoms with Gasteiger partial charge in [-0.25, -0.2) is 4.39 Å². The fraction of sp³-hybridized carbons (Fsp3) is 0.214. The van der Waals surface area contributed by atoms with Crippen LogP contribution in [0.1, 0.15) is 21.7 Å². The van der Waals surface area contributed by atoms with Crippen LogP contribution >= 0.6 is 0 Å². The van der Waals surface area contributed by atoms with Crippen molar-refractivity contribution in [3.8, 4) is 5.75 Å². The van der Waals surface area contributed by atoms with E-state index in [1.165, 1.54) is 17.0 Å². The minimum Gasteiger partial charge on any atom is -0.508 e. The van der Waals surface area contributed by atoms with Gasteiger partial charge in [0.2, 0.25) is 0 Å². The van der Waals surface area contributed by atoms with Crippen molar-refractivity contribution in [2.24, 2.45) is 0 Å². The maximum Gasteiger partial charge on any atom is 0.256 e. The first-order chi connectivity index (χ1) is 8.99. The molecule has 0 radical (unpaired) electrons. The van der Waals surface area contributed by atoms with Crippen LogP contribution in [0.15, 0.2) is 34.9 Å². The fourth-order valence-electron chi connectivity index (χ4n) is 1.79. The first-order valence-electron chi connectivity index (χ1n) is 5.76. The van der Waals surface area contributed by atoms with Gasteiger partial charge in [-0.05, 0) is 25.1 Å². The predicted octanol–water partition coefficient (Wildman–Crippen LogP) is 2.70. The van der Waals surface area contributed by atoms with Gasteiger partial charge < -0.3 is 14.4 Å². The highest BCUT2D eigenvalue weighted by Crippen LogP contribution is 2.18. The van der Waals surface area contributed by atoms with Gasteiger partial charge in [-0.3, -0.25) is 4.79 Å². The quantitative estimate of drug-likeness (QED) is 0.926. The molecule has 100 valence electrons. The van der Waals surface area contributed by atoms with E-state index in [1.54, 1.807) is 26.3 Å². The van der Waals surface area contributed by atoms with E-state index in [1.807, 2.05) is 0 Å². The van der Waals surface area contributed by atoms with Crippen LogP contribution in [0, 0.1) is 12.7 Å². The van der Waals surface area contributed by atoms with E-state index >= 15 is 0 Å². The molecule has 4 nitrogen and oxygen atoms in total. The molecule has 0 atom stereocenters. The van der Waals surface area contributed by atoms with Gasteiger partial charge in [0, 0.05) is 25.2 Å². The lowest BCUT2D eigenvalue weighted by molar-refractivity contribution is 0.0780. The van der Waals surface area contributed by atoms with Crippen molar-refractivity contribution in [3.63, 3.8) is 0 Å². The van der Waals surface area contributed by atoms with Crippen molar-refractivity contribution >= 4 is 5.91 Å². The van der Waals surface area contributed by atoms with Crippen LogP contribution < -0.4 is 0 Å². The molecule has 0 spiro atoms. The molecule has 0 unspecified atom stereocenters. The predicted molar refractivity (Wildman–Crippen MR) is 67.3 cm³/mol.